The fraction of sp³-hybridized carbons (Fsp3) is 0.467. The van der Waals surface area contributed by atoms with Gasteiger partial charge in [-0.2, -0.15) is 13.2 Å². The van der Waals surface area contributed by atoms with E-state index in [0.717, 1.165) is 4.90 Å². The average Bonchev–Trinajstić information content (AvgIpc) is 2.51. The Morgan fingerprint density at radius 3 is 2.48 bits per heavy atom. The zero-order valence-corrected chi connectivity index (χ0v) is 12.3. The summed E-state index contributed by atoms with van der Waals surface area (Å²) in [7, 11) is 0. The van der Waals surface area contributed by atoms with Gasteiger partial charge in [-0.3, -0.25) is 9.59 Å². The number of carbonyl (C=O) groups excluding carboxylic acids is 2. The number of carbonyl (C=O) groups is 2. The molecule has 0 spiro atoms. The molecule has 0 radical (unpaired) electrons. The molecular weight excluding hydrogens is 313 g/mol. The highest BCUT2D eigenvalue weighted by Crippen LogP contribution is 2.23. The van der Waals surface area contributed by atoms with Gasteiger partial charge in [-0.1, -0.05) is 6.07 Å². The summed E-state index contributed by atoms with van der Waals surface area (Å²) in [5, 5.41) is 12.0. The first-order chi connectivity index (χ1) is 10.8. The van der Waals surface area contributed by atoms with Crippen molar-refractivity contribution in [3.8, 4) is 5.75 Å². The highest BCUT2D eigenvalue weighted by molar-refractivity contribution is 5.94. The Morgan fingerprint density at radius 1 is 1.26 bits per heavy atom. The van der Waals surface area contributed by atoms with Gasteiger partial charge in [-0.25, -0.2) is 0 Å². The second-order valence-electron chi connectivity index (χ2n) is 5.49. The maximum Gasteiger partial charge on any atom is 0.471 e. The Bertz CT molecular complexity index is 582. The molecule has 1 fully saturated rings. The van der Waals surface area contributed by atoms with Crippen molar-refractivity contribution in [3.63, 3.8) is 0 Å². The molecule has 5 nitrogen and oxygen atoms in total. The average molecular weight is 330 g/mol. The van der Waals surface area contributed by atoms with Crippen LogP contribution < -0.4 is 5.32 Å². The lowest BCUT2D eigenvalue weighted by Gasteiger charge is -2.32. The van der Waals surface area contributed by atoms with E-state index in [0.29, 0.717) is 24.9 Å². The normalized spacial score (nSPS) is 16.2. The number of likely N-dealkylation sites (tertiary alicyclic amines) is 1. The minimum absolute atomic E-state index is 0.0170. The van der Waals surface area contributed by atoms with Crippen molar-refractivity contribution < 1.29 is 27.9 Å². The number of aromatic hydroxyl groups is 1. The lowest BCUT2D eigenvalue weighted by atomic mass is 9.96. The molecular formula is C15H17F3N2O3. The summed E-state index contributed by atoms with van der Waals surface area (Å²) in [6.07, 6.45) is -4.03. The molecule has 8 heteroatoms. The molecule has 1 saturated heterocycles. The zero-order valence-electron chi connectivity index (χ0n) is 12.3. The molecule has 1 aromatic carbocycles. The van der Waals surface area contributed by atoms with Gasteiger partial charge >= 0.3 is 12.1 Å². The summed E-state index contributed by atoms with van der Waals surface area (Å²) in [4.78, 5) is 23.8. The van der Waals surface area contributed by atoms with Crippen molar-refractivity contribution in [2.24, 2.45) is 5.92 Å². The van der Waals surface area contributed by atoms with Crippen LogP contribution in [0.3, 0.4) is 0 Å². The Kier molecular flexibility index (Phi) is 5.12. The summed E-state index contributed by atoms with van der Waals surface area (Å²) >= 11 is 0. The van der Waals surface area contributed by atoms with E-state index in [4.69, 9.17) is 0 Å². The summed E-state index contributed by atoms with van der Waals surface area (Å²) in [5.74, 6) is -2.15. The molecule has 1 aromatic rings. The lowest BCUT2D eigenvalue weighted by Crippen LogP contribution is -2.46. The van der Waals surface area contributed by atoms with E-state index in [1.807, 2.05) is 0 Å². The van der Waals surface area contributed by atoms with E-state index in [1.54, 1.807) is 12.1 Å². The maximum atomic E-state index is 12.3. The SMILES string of the molecule is O=C(NCC1CCN(C(=O)C(F)(F)F)CC1)c1cccc(O)c1. The quantitative estimate of drug-likeness (QED) is 0.890. The Balaban J connectivity index is 1.79. The van der Waals surface area contributed by atoms with Gasteiger partial charge in [0.25, 0.3) is 5.91 Å². The number of benzene rings is 1. The van der Waals surface area contributed by atoms with Crippen LogP contribution in [0.5, 0.6) is 5.75 Å². The Hall–Kier alpha value is -2.25. The number of phenolic OH excluding ortho intramolecular Hbond substituents is 1. The van der Waals surface area contributed by atoms with Gasteiger partial charge < -0.3 is 15.3 Å². The van der Waals surface area contributed by atoms with Crippen molar-refractivity contribution in [2.75, 3.05) is 19.6 Å². The summed E-state index contributed by atoms with van der Waals surface area (Å²) < 4.78 is 37.0. The molecule has 0 bridgehead atoms. The maximum absolute atomic E-state index is 12.3. The van der Waals surface area contributed by atoms with Crippen LogP contribution in [0.4, 0.5) is 13.2 Å². The van der Waals surface area contributed by atoms with Crippen LogP contribution in [0.2, 0.25) is 0 Å². The Morgan fingerprint density at radius 2 is 1.91 bits per heavy atom. The fourth-order valence-corrected chi connectivity index (χ4v) is 2.51. The molecule has 2 N–H and O–H groups in total. The highest BCUT2D eigenvalue weighted by Gasteiger charge is 2.43. The molecule has 23 heavy (non-hydrogen) atoms. The molecule has 0 unspecified atom stereocenters. The summed E-state index contributed by atoms with van der Waals surface area (Å²) in [5.41, 5.74) is 0.315. The number of nitrogens with zero attached hydrogens (tertiary/aromatic N) is 1. The summed E-state index contributed by atoms with van der Waals surface area (Å²) in [6, 6.07) is 5.88. The number of phenols is 1. The molecule has 2 rings (SSSR count). The van der Waals surface area contributed by atoms with Gasteiger partial charge in [-0.15, -0.1) is 0 Å². The molecule has 1 aliphatic rings. The van der Waals surface area contributed by atoms with Crippen molar-refractivity contribution >= 4 is 11.8 Å². The molecule has 0 atom stereocenters. The Labute approximate surface area is 131 Å². The second kappa shape index (κ2) is 6.89. The number of piperidine rings is 1. The van der Waals surface area contributed by atoms with Crippen LogP contribution in [0.15, 0.2) is 24.3 Å². The van der Waals surface area contributed by atoms with Crippen LogP contribution in [-0.2, 0) is 4.79 Å². The number of alkyl halides is 3. The van der Waals surface area contributed by atoms with E-state index in [1.165, 1.54) is 12.1 Å². The minimum atomic E-state index is -4.84. The number of halogens is 3. The number of rotatable bonds is 3. The fourth-order valence-electron chi connectivity index (χ4n) is 2.51. The third-order valence-corrected chi connectivity index (χ3v) is 3.80. The molecule has 126 valence electrons. The van der Waals surface area contributed by atoms with Gasteiger partial charge in [0.1, 0.15) is 5.75 Å². The van der Waals surface area contributed by atoms with Crippen molar-refractivity contribution in [3.05, 3.63) is 29.8 Å². The molecule has 0 saturated carbocycles. The molecule has 1 heterocycles. The number of hydrogen-bond donors (Lipinski definition) is 2. The monoisotopic (exact) mass is 330 g/mol. The number of nitrogens with one attached hydrogen (secondary N) is 1. The molecule has 1 aliphatic heterocycles. The van der Waals surface area contributed by atoms with Crippen LogP contribution in [0.1, 0.15) is 23.2 Å². The van der Waals surface area contributed by atoms with Crippen LogP contribution >= 0.6 is 0 Å². The summed E-state index contributed by atoms with van der Waals surface area (Å²) in [6.45, 7) is 0.387. The smallest absolute Gasteiger partial charge is 0.471 e. The highest BCUT2D eigenvalue weighted by atomic mass is 19.4. The molecule has 0 aliphatic carbocycles. The van der Waals surface area contributed by atoms with Gasteiger partial charge in [0.05, 0.1) is 0 Å². The van der Waals surface area contributed by atoms with Crippen LogP contribution in [0, 0.1) is 5.92 Å². The van der Waals surface area contributed by atoms with Crippen molar-refractivity contribution in [2.45, 2.75) is 19.0 Å². The predicted octanol–water partition coefficient (Wildman–Crippen LogP) is 1.92. The van der Waals surface area contributed by atoms with Crippen molar-refractivity contribution in [1.29, 1.82) is 0 Å². The van der Waals surface area contributed by atoms with Gasteiger partial charge in [0.2, 0.25) is 0 Å². The standard InChI is InChI=1S/C15H17F3N2O3/c16-15(17,18)14(23)20-6-4-10(5-7-20)9-19-13(22)11-2-1-3-12(21)8-11/h1-3,8,10,21H,4-7,9H2,(H,19,22). The van der Waals surface area contributed by atoms with Gasteiger partial charge in [0.15, 0.2) is 0 Å². The van der Waals surface area contributed by atoms with Crippen LogP contribution in [-0.4, -0.2) is 47.6 Å². The molecule has 2 amide bonds. The zero-order chi connectivity index (χ0) is 17.0. The van der Waals surface area contributed by atoms with Crippen LogP contribution in [0.25, 0.3) is 0 Å². The lowest BCUT2D eigenvalue weighted by molar-refractivity contribution is -0.186. The largest absolute Gasteiger partial charge is 0.508 e. The first-order valence-corrected chi connectivity index (χ1v) is 7.20. The topological polar surface area (TPSA) is 69.6 Å². The van der Waals surface area contributed by atoms with E-state index >= 15 is 0 Å². The van der Waals surface area contributed by atoms with E-state index in [-0.39, 0.29) is 30.7 Å². The molecule has 0 aromatic heterocycles. The third-order valence-electron chi connectivity index (χ3n) is 3.80. The van der Waals surface area contributed by atoms with E-state index in [9.17, 15) is 27.9 Å². The third kappa shape index (κ3) is 4.61. The number of amides is 2. The van der Waals surface area contributed by atoms with E-state index in [2.05, 4.69) is 5.32 Å². The minimum Gasteiger partial charge on any atom is -0.508 e. The number of hydrogen-bond acceptors (Lipinski definition) is 3. The van der Waals surface area contributed by atoms with E-state index < -0.39 is 12.1 Å². The predicted molar refractivity (Wildman–Crippen MR) is 75.8 cm³/mol. The second-order valence-corrected chi connectivity index (χ2v) is 5.49. The first-order valence-electron chi connectivity index (χ1n) is 7.20. The van der Waals surface area contributed by atoms with Gasteiger partial charge in [0, 0.05) is 25.2 Å². The first kappa shape index (κ1) is 17.1. The van der Waals surface area contributed by atoms with Crippen molar-refractivity contribution in [1.82, 2.24) is 10.2 Å². The van der Waals surface area contributed by atoms with Gasteiger partial charge in [-0.05, 0) is 37.0 Å².